The molecule has 176 valence electrons. The average molecular weight is 469 g/mol. The van der Waals surface area contributed by atoms with Gasteiger partial charge in [0.1, 0.15) is 0 Å². The lowest BCUT2D eigenvalue weighted by molar-refractivity contribution is -0.126. The maximum atomic E-state index is 12.8. The van der Waals surface area contributed by atoms with E-state index in [9.17, 15) is 9.59 Å². The molecular weight excluding hydrogens is 436 g/mol. The summed E-state index contributed by atoms with van der Waals surface area (Å²) in [5, 5.41) is 3.72. The van der Waals surface area contributed by atoms with Crippen molar-refractivity contribution in [3.63, 3.8) is 0 Å². The van der Waals surface area contributed by atoms with Gasteiger partial charge in [0.05, 0.1) is 5.92 Å². The third-order valence-electron chi connectivity index (χ3n) is 6.61. The van der Waals surface area contributed by atoms with Gasteiger partial charge in [0.25, 0.3) is 5.91 Å². The van der Waals surface area contributed by atoms with Gasteiger partial charge in [-0.05, 0) is 42.7 Å². The highest BCUT2D eigenvalue weighted by atomic mass is 35.5. The molecule has 2 amide bonds. The van der Waals surface area contributed by atoms with Crippen molar-refractivity contribution < 1.29 is 9.59 Å². The minimum absolute atomic E-state index is 0.0301. The summed E-state index contributed by atoms with van der Waals surface area (Å²) < 4.78 is 0. The molecule has 7 heteroatoms. The van der Waals surface area contributed by atoms with E-state index < -0.39 is 0 Å². The lowest BCUT2D eigenvalue weighted by Gasteiger charge is -2.35. The van der Waals surface area contributed by atoms with Gasteiger partial charge in [-0.3, -0.25) is 19.4 Å². The van der Waals surface area contributed by atoms with E-state index in [0.717, 1.165) is 52.1 Å². The van der Waals surface area contributed by atoms with Crippen LogP contribution < -0.4 is 5.32 Å². The predicted molar refractivity (Wildman–Crippen MR) is 131 cm³/mol. The van der Waals surface area contributed by atoms with Gasteiger partial charge in [-0.25, -0.2) is 0 Å². The van der Waals surface area contributed by atoms with E-state index in [1.54, 1.807) is 29.2 Å². The smallest absolute Gasteiger partial charge is 0.253 e. The van der Waals surface area contributed by atoms with Crippen molar-refractivity contribution in [3.05, 3.63) is 70.7 Å². The third-order valence-corrected chi connectivity index (χ3v) is 6.86. The van der Waals surface area contributed by atoms with Crippen LogP contribution in [0.4, 0.5) is 0 Å². The molecule has 6 nitrogen and oxygen atoms in total. The number of likely N-dealkylation sites (tertiary alicyclic amines) is 1. The molecule has 0 saturated carbocycles. The third kappa shape index (κ3) is 6.79. The van der Waals surface area contributed by atoms with Gasteiger partial charge >= 0.3 is 0 Å². The van der Waals surface area contributed by atoms with E-state index in [-0.39, 0.29) is 17.7 Å². The summed E-state index contributed by atoms with van der Waals surface area (Å²) >= 11 is 5.93. The Labute approximate surface area is 201 Å². The summed E-state index contributed by atoms with van der Waals surface area (Å²) in [6, 6.07) is 17.5. The van der Waals surface area contributed by atoms with Crippen LogP contribution in [0.3, 0.4) is 0 Å². The van der Waals surface area contributed by atoms with Gasteiger partial charge in [-0.15, -0.1) is 0 Å². The predicted octanol–water partition coefficient (Wildman–Crippen LogP) is 3.13. The number of halogens is 1. The summed E-state index contributed by atoms with van der Waals surface area (Å²) in [7, 11) is 0. The van der Waals surface area contributed by atoms with Gasteiger partial charge < -0.3 is 10.2 Å². The highest BCUT2D eigenvalue weighted by Crippen LogP contribution is 2.20. The van der Waals surface area contributed by atoms with Gasteiger partial charge in [0, 0.05) is 69.5 Å². The molecule has 2 aliphatic heterocycles. The van der Waals surface area contributed by atoms with Crippen LogP contribution in [0.1, 0.15) is 28.8 Å². The summed E-state index contributed by atoms with van der Waals surface area (Å²) in [6.45, 7) is 7.83. The van der Waals surface area contributed by atoms with Crippen LogP contribution >= 0.6 is 11.6 Å². The number of nitrogens with one attached hydrogen (secondary N) is 1. The molecule has 2 aromatic carbocycles. The maximum Gasteiger partial charge on any atom is 0.253 e. The Kier molecular flexibility index (Phi) is 8.37. The number of rotatable bonds is 7. The van der Waals surface area contributed by atoms with E-state index in [2.05, 4.69) is 45.4 Å². The van der Waals surface area contributed by atoms with E-state index in [4.69, 9.17) is 11.6 Å². The summed E-state index contributed by atoms with van der Waals surface area (Å²) in [4.78, 5) is 32.2. The normalized spacial score (nSPS) is 19.9. The van der Waals surface area contributed by atoms with Crippen molar-refractivity contribution in [2.75, 3.05) is 52.4 Å². The van der Waals surface area contributed by atoms with Crippen molar-refractivity contribution in [1.82, 2.24) is 20.0 Å². The van der Waals surface area contributed by atoms with E-state index in [1.165, 1.54) is 5.56 Å². The number of piperazine rings is 1. The first kappa shape index (κ1) is 23.7. The molecule has 0 aromatic heterocycles. The number of amides is 2. The van der Waals surface area contributed by atoms with Crippen LogP contribution in [0.15, 0.2) is 54.6 Å². The average Bonchev–Trinajstić information content (AvgIpc) is 2.86. The van der Waals surface area contributed by atoms with Gasteiger partial charge in [0.2, 0.25) is 5.91 Å². The Balaban J connectivity index is 1.16. The fourth-order valence-corrected chi connectivity index (χ4v) is 4.77. The van der Waals surface area contributed by atoms with E-state index in [0.29, 0.717) is 30.2 Å². The molecule has 2 aromatic rings. The molecule has 4 rings (SSSR count). The molecule has 0 radical (unpaired) electrons. The zero-order chi connectivity index (χ0) is 23.0. The molecule has 2 aliphatic rings. The molecule has 0 aliphatic carbocycles. The molecule has 33 heavy (non-hydrogen) atoms. The fourth-order valence-electron chi connectivity index (χ4n) is 4.64. The molecule has 1 N–H and O–H groups in total. The molecule has 0 bridgehead atoms. The zero-order valence-electron chi connectivity index (χ0n) is 19.1. The molecule has 2 fully saturated rings. The number of carbonyl (C=O) groups excluding carboxylic acids is 2. The minimum Gasteiger partial charge on any atom is -0.355 e. The Hall–Kier alpha value is -2.41. The molecule has 1 atom stereocenters. The lowest BCUT2D eigenvalue weighted by Crippen LogP contribution is -2.49. The Morgan fingerprint density at radius 2 is 1.61 bits per heavy atom. The van der Waals surface area contributed by atoms with Crippen molar-refractivity contribution in [3.8, 4) is 0 Å². The summed E-state index contributed by atoms with van der Waals surface area (Å²) in [5.74, 6) is -0.110. The van der Waals surface area contributed by atoms with Gasteiger partial charge in [-0.1, -0.05) is 41.9 Å². The number of nitrogens with zero attached hydrogens (tertiary/aromatic N) is 3. The Morgan fingerprint density at radius 1 is 0.909 bits per heavy atom. The van der Waals surface area contributed by atoms with Crippen LogP contribution in [0, 0.1) is 5.92 Å². The SMILES string of the molecule is O=C(NCCN1CCN(Cc2ccccc2)CC1)C1CCCN(C(=O)c2ccc(Cl)cc2)C1. The first-order valence-corrected chi connectivity index (χ1v) is 12.3. The van der Waals surface area contributed by atoms with Crippen molar-refractivity contribution in [1.29, 1.82) is 0 Å². The topological polar surface area (TPSA) is 55.9 Å². The largest absolute Gasteiger partial charge is 0.355 e. The molecule has 2 heterocycles. The number of carbonyl (C=O) groups is 2. The second kappa shape index (κ2) is 11.6. The molecule has 1 unspecified atom stereocenters. The summed E-state index contributed by atoms with van der Waals surface area (Å²) in [5.41, 5.74) is 1.97. The van der Waals surface area contributed by atoms with Gasteiger partial charge in [-0.2, -0.15) is 0 Å². The highest BCUT2D eigenvalue weighted by Gasteiger charge is 2.29. The van der Waals surface area contributed by atoms with Crippen LogP contribution in [0.25, 0.3) is 0 Å². The second-order valence-electron chi connectivity index (χ2n) is 8.99. The van der Waals surface area contributed by atoms with Crippen molar-refractivity contribution in [2.24, 2.45) is 5.92 Å². The number of piperidine rings is 1. The number of hydrogen-bond donors (Lipinski definition) is 1. The molecular formula is C26H33ClN4O2. The Morgan fingerprint density at radius 3 is 2.33 bits per heavy atom. The highest BCUT2D eigenvalue weighted by molar-refractivity contribution is 6.30. The second-order valence-corrected chi connectivity index (χ2v) is 9.43. The van der Waals surface area contributed by atoms with Crippen molar-refractivity contribution >= 4 is 23.4 Å². The quantitative estimate of drug-likeness (QED) is 0.678. The van der Waals surface area contributed by atoms with Crippen LogP contribution in [0.5, 0.6) is 0 Å². The summed E-state index contributed by atoms with van der Waals surface area (Å²) in [6.07, 6.45) is 1.68. The minimum atomic E-state index is -0.141. The first-order chi connectivity index (χ1) is 16.1. The molecule has 0 spiro atoms. The fraction of sp³-hybridized carbons (Fsp3) is 0.462. The lowest BCUT2D eigenvalue weighted by atomic mass is 9.96. The van der Waals surface area contributed by atoms with Crippen molar-refractivity contribution in [2.45, 2.75) is 19.4 Å². The number of hydrogen-bond acceptors (Lipinski definition) is 4. The van der Waals surface area contributed by atoms with Crippen LogP contribution in [-0.2, 0) is 11.3 Å². The molecule has 2 saturated heterocycles. The van der Waals surface area contributed by atoms with Gasteiger partial charge in [0.15, 0.2) is 0 Å². The number of benzene rings is 2. The maximum absolute atomic E-state index is 12.8. The van der Waals surface area contributed by atoms with E-state index >= 15 is 0 Å². The Bertz CT molecular complexity index is 914. The van der Waals surface area contributed by atoms with E-state index in [1.807, 2.05) is 0 Å². The zero-order valence-corrected chi connectivity index (χ0v) is 19.8. The van der Waals surface area contributed by atoms with Crippen LogP contribution in [0.2, 0.25) is 5.02 Å². The first-order valence-electron chi connectivity index (χ1n) is 11.9. The monoisotopic (exact) mass is 468 g/mol. The van der Waals surface area contributed by atoms with Crippen LogP contribution in [-0.4, -0.2) is 78.9 Å². The standard InChI is InChI=1S/C26H33ClN4O2/c27-24-10-8-22(9-11-24)26(33)31-13-4-7-23(20-31)25(32)28-12-14-29-15-17-30(18-16-29)19-21-5-2-1-3-6-21/h1-3,5-6,8-11,23H,4,7,12-20H2,(H,28,32).